The van der Waals surface area contributed by atoms with Crippen molar-refractivity contribution in [2.75, 3.05) is 13.7 Å². The molecule has 7 heteroatoms. The van der Waals surface area contributed by atoms with Crippen molar-refractivity contribution in [3.8, 4) is 5.75 Å². The van der Waals surface area contributed by atoms with Gasteiger partial charge in [0.2, 0.25) is 0 Å². The van der Waals surface area contributed by atoms with Gasteiger partial charge < -0.3 is 20.3 Å². The summed E-state index contributed by atoms with van der Waals surface area (Å²) in [7, 11) is 1.14. The molecule has 0 saturated carbocycles. The summed E-state index contributed by atoms with van der Waals surface area (Å²) >= 11 is 5.62. The number of rotatable bonds is 4. The topological polar surface area (TPSA) is 95.9 Å². The van der Waals surface area contributed by atoms with Crippen molar-refractivity contribution in [3.63, 3.8) is 0 Å². The zero-order chi connectivity index (χ0) is 13.7. The van der Waals surface area contributed by atoms with Crippen LogP contribution in [0.4, 0.5) is 0 Å². The fraction of sp³-hybridized carbons (Fsp3) is 0.273. The van der Waals surface area contributed by atoms with Crippen LogP contribution in [-0.4, -0.2) is 41.8 Å². The van der Waals surface area contributed by atoms with Crippen LogP contribution in [0.1, 0.15) is 10.4 Å². The lowest BCUT2D eigenvalue weighted by atomic mass is 10.1. The van der Waals surface area contributed by atoms with Crippen molar-refractivity contribution in [2.24, 2.45) is 0 Å². The molecule has 1 rings (SSSR count). The number of nitrogens with one attached hydrogen (secondary N) is 1. The predicted molar refractivity (Wildman–Crippen MR) is 63.5 cm³/mol. The van der Waals surface area contributed by atoms with Crippen LogP contribution in [0.25, 0.3) is 0 Å². The Labute approximate surface area is 108 Å². The molecule has 1 aromatic carbocycles. The van der Waals surface area contributed by atoms with Crippen molar-refractivity contribution >= 4 is 23.5 Å². The van der Waals surface area contributed by atoms with Gasteiger partial charge in [-0.15, -0.1) is 0 Å². The fourth-order valence-corrected chi connectivity index (χ4v) is 1.42. The fourth-order valence-electron chi connectivity index (χ4n) is 1.25. The van der Waals surface area contributed by atoms with Gasteiger partial charge >= 0.3 is 5.97 Å². The molecule has 18 heavy (non-hydrogen) atoms. The van der Waals surface area contributed by atoms with Gasteiger partial charge in [-0.2, -0.15) is 0 Å². The molecule has 0 aliphatic rings. The van der Waals surface area contributed by atoms with Gasteiger partial charge in [0.15, 0.2) is 6.04 Å². The van der Waals surface area contributed by atoms with Crippen molar-refractivity contribution in [1.82, 2.24) is 5.32 Å². The first kappa shape index (κ1) is 14.3. The first-order valence-corrected chi connectivity index (χ1v) is 5.35. The molecule has 0 fully saturated rings. The number of hydrogen-bond acceptors (Lipinski definition) is 5. The number of ether oxygens (including phenoxy) is 1. The van der Waals surface area contributed by atoms with Gasteiger partial charge in [-0.3, -0.25) is 4.79 Å². The Balaban J connectivity index is 2.84. The molecule has 0 radical (unpaired) electrons. The van der Waals surface area contributed by atoms with Crippen LogP contribution in [0, 0.1) is 0 Å². The predicted octanol–water partition coefficient (Wildman–Crippen LogP) is 0.309. The Morgan fingerprint density at radius 1 is 1.50 bits per heavy atom. The number of aliphatic hydroxyl groups is 1. The lowest BCUT2D eigenvalue weighted by Crippen LogP contribution is -2.44. The van der Waals surface area contributed by atoms with Crippen LogP contribution >= 0.6 is 11.6 Å². The van der Waals surface area contributed by atoms with E-state index in [1.807, 2.05) is 0 Å². The number of carbonyl (C=O) groups excluding carboxylic acids is 2. The van der Waals surface area contributed by atoms with E-state index in [0.717, 1.165) is 7.11 Å². The second-order valence-corrected chi connectivity index (χ2v) is 3.83. The first-order chi connectivity index (χ1) is 8.49. The van der Waals surface area contributed by atoms with Crippen molar-refractivity contribution < 1.29 is 24.5 Å². The number of halogens is 1. The van der Waals surface area contributed by atoms with E-state index in [4.69, 9.17) is 16.7 Å². The smallest absolute Gasteiger partial charge is 0.330 e. The third-order valence-electron chi connectivity index (χ3n) is 2.18. The highest BCUT2D eigenvalue weighted by atomic mass is 35.5. The molecule has 6 nitrogen and oxygen atoms in total. The molecule has 1 unspecified atom stereocenters. The number of carbonyl (C=O) groups is 2. The molecule has 98 valence electrons. The average molecular weight is 274 g/mol. The van der Waals surface area contributed by atoms with E-state index in [1.165, 1.54) is 18.2 Å². The molecular weight excluding hydrogens is 262 g/mol. The molecule has 0 aromatic heterocycles. The van der Waals surface area contributed by atoms with Crippen molar-refractivity contribution in [3.05, 3.63) is 28.8 Å². The normalized spacial score (nSPS) is 11.7. The third-order valence-corrected chi connectivity index (χ3v) is 2.41. The number of benzene rings is 1. The van der Waals surface area contributed by atoms with E-state index in [0.29, 0.717) is 0 Å². The minimum Gasteiger partial charge on any atom is -0.507 e. The van der Waals surface area contributed by atoms with Crippen LogP contribution in [0.5, 0.6) is 5.75 Å². The quantitative estimate of drug-likeness (QED) is 0.686. The molecule has 0 bridgehead atoms. The number of amides is 1. The maximum atomic E-state index is 11.7. The average Bonchev–Trinajstić information content (AvgIpc) is 2.34. The van der Waals surface area contributed by atoms with Crippen molar-refractivity contribution in [1.29, 1.82) is 0 Å². The first-order valence-electron chi connectivity index (χ1n) is 4.97. The van der Waals surface area contributed by atoms with Crippen LogP contribution < -0.4 is 5.32 Å². The summed E-state index contributed by atoms with van der Waals surface area (Å²) in [6.45, 7) is -0.604. The SMILES string of the molecule is COC(=O)C(CO)NC(=O)c1ccc(Cl)cc1O. The Morgan fingerprint density at radius 2 is 2.17 bits per heavy atom. The monoisotopic (exact) mass is 273 g/mol. The molecular formula is C11H12ClNO5. The summed E-state index contributed by atoms with van der Waals surface area (Å²) in [4.78, 5) is 22.9. The number of aromatic hydroxyl groups is 1. The molecule has 0 spiro atoms. The van der Waals surface area contributed by atoms with Crippen LogP contribution in [0.2, 0.25) is 5.02 Å². The number of esters is 1. The van der Waals surface area contributed by atoms with E-state index in [1.54, 1.807) is 0 Å². The van der Waals surface area contributed by atoms with E-state index < -0.39 is 24.5 Å². The molecule has 3 N–H and O–H groups in total. The zero-order valence-electron chi connectivity index (χ0n) is 9.51. The Bertz CT molecular complexity index is 463. The number of phenols is 1. The van der Waals surface area contributed by atoms with Gasteiger partial charge in [-0.1, -0.05) is 11.6 Å². The molecule has 1 aromatic rings. The van der Waals surface area contributed by atoms with Gasteiger partial charge in [0.05, 0.1) is 19.3 Å². The minimum atomic E-state index is -1.18. The highest BCUT2D eigenvalue weighted by molar-refractivity contribution is 6.30. The van der Waals surface area contributed by atoms with Crippen LogP contribution in [0.15, 0.2) is 18.2 Å². The number of aliphatic hydroxyl groups excluding tert-OH is 1. The molecule has 0 aliphatic carbocycles. The summed E-state index contributed by atoms with van der Waals surface area (Å²) in [5.74, 6) is -1.81. The van der Waals surface area contributed by atoms with Gasteiger partial charge in [0, 0.05) is 5.02 Å². The zero-order valence-corrected chi connectivity index (χ0v) is 10.3. The summed E-state index contributed by atoms with van der Waals surface area (Å²) in [6, 6.07) is 2.74. The summed E-state index contributed by atoms with van der Waals surface area (Å²) in [5, 5.41) is 21.0. The molecule has 0 heterocycles. The maximum absolute atomic E-state index is 11.7. The lowest BCUT2D eigenvalue weighted by molar-refractivity contribution is -0.143. The minimum absolute atomic E-state index is 0.0539. The molecule has 0 saturated heterocycles. The summed E-state index contributed by atoms with van der Waals surface area (Å²) < 4.78 is 4.39. The second-order valence-electron chi connectivity index (χ2n) is 3.39. The van der Waals surface area contributed by atoms with Gasteiger partial charge in [0.1, 0.15) is 5.75 Å². The molecule has 1 amide bonds. The molecule has 0 aliphatic heterocycles. The summed E-state index contributed by atoms with van der Waals surface area (Å²) in [6.07, 6.45) is 0. The van der Waals surface area contributed by atoms with E-state index >= 15 is 0 Å². The Hall–Kier alpha value is -1.79. The van der Waals surface area contributed by atoms with Gasteiger partial charge in [0.25, 0.3) is 5.91 Å². The Morgan fingerprint density at radius 3 is 2.67 bits per heavy atom. The third kappa shape index (κ3) is 3.35. The Kier molecular flexibility index (Phi) is 4.94. The highest BCUT2D eigenvalue weighted by Crippen LogP contribution is 2.21. The standard InChI is InChI=1S/C11H12ClNO5/c1-18-11(17)8(5-14)13-10(16)7-3-2-6(12)4-9(7)15/h2-4,8,14-15H,5H2,1H3,(H,13,16). The van der Waals surface area contributed by atoms with E-state index in [2.05, 4.69) is 10.1 Å². The number of phenolic OH excluding ortho intramolecular Hbond substituents is 1. The summed E-state index contributed by atoms with van der Waals surface area (Å²) in [5.41, 5.74) is -0.0539. The van der Waals surface area contributed by atoms with Gasteiger partial charge in [-0.25, -0.2) is 4.79 Å². The number of methoxy groups -OCH3 is 1. The largest absolute Gasteiger partial charge is 0.507 e. The van der Waals surface area contributed by atoms with Crippen LogP contribution in [0.3, 0.4) is 0 Å². The van der Waals surface area contributed by atoms with Gasteiger partial charge in [-0.05, 0) is 18.2 Å². The number of hydrogen-bond donors (Lipinski definition) is 3. The molecule has 1 atom stereocenters. The highest BCUT2D eigenvalue weighted by Gasteiger charge is 2.22. The van der Waals surface area contributed by atoms with Crippen LogP contribution in [-0.2, 0) is 9.53 Å². The lowest BCUT2D eigenvalue weighted by Gasteiger charge is -2.14. The van der Waals surface area contributed by atoms with Crippen molar-refractivity contribution in [2.45, 2.75) is 6.04 Å². The van der Waals surface area contributed by atoms with E-state index in [9.17, 15) is 14.7 Å². The van der Waals surface area contributed by atoms with E-state index in [-0.39, 0.29) is 16.3 Å². The maximum Gasteiger partial charge on any atom is 0.330 e. The second kappa shape index (κ2) is 6.23.